The number of carbonyl (C=O) groups is 2. The fourth-order valence-corrected chi connectivity index (χ4v) is 2.57. The van der Waals surface area contributed by atoms with Crippen LogP contribution in [-0.2, 0) is 9.59 Å². The molecule has 0 saturated heterocycles. The molecule has 1 aliphatic heterocycles. The number of benzene rings is 2. The number of rotatable bonds is 3. The van der Waals surface area contributed by atoms with Crippen LogP contribution in [0, 0.1) is 5.82 Å². The maximum Gasteiger partial charge on any atom is 0.232 e. The Morgan fingerprint density at radius 2 is 2.00 bits per heavy atom. The molecule has 2 amide bonds. The lowest BCUT2D eigenvalue weighted by Crippen LogP contribution is -2.30. The Labute approximate surface area is 132 Å². The summed E-state index contributed by atoms with van der Waals surface area (Å²) in [6.45, 7) is 0. The highest BCUT2D eigenvalue weighted by molar-refractivity contribution is 6.05. The van der Waals surface area contributed by atoms with Gasteiger partial charge in [-0.15, -0.1) is 0 Å². The first-order chi connectivity index (χ1) is 11.1. The molecule has 3 rings (SSSR count). The zero-order chi connectivity index (χ0) is 16.4. The second-order valence-electron chi connectivity index (χ2n) is 5.25. The predicted molar refractivity (Wildman–Crippen MR) is 84.0 cm³/mol. The second kappa shape index (κ2) is 6.08. The molecule has 6 heteroatoms. The normalized spacial score (nSPS) is 16.3. The number of methoxy groups -OCH3 is 1. The Bertz CT molecular complexity index is 759. The van der Waals surface area contributed by atoms with E-state index in [2.05, 4.69) is 10.6 Å². The minimum Gasteiger partial charge on any atom is -0.497 e. The number of carbonyl (C=O) groups excluding carboxylic acids is 2. The lowest BCUT2D eigenvalue weighted by molar-refractivity contribution is -0.123. The number of ether oxygens (including phenoxy) is 1. The van der Waals surface area contributed by atoms with Crippen molar-refractivity contribution >= 4 is 23.2 Å². The minimum atomic E-state index is -0.651. The van der Waals surface area contributed by atoms with Crippen molar-refractivity contribution in [3.63, 3.8) is 0 Å². The summed E-state index contributed by atoms with van der Waals surface area (Å²) in [7, 11) is 1.56. The van der Waals surface area contributed by atoms with Gasteiger partial charge in [0.15, 0.2) is 0 Å². The van der Waals surface area contributed by atoms with E-state index >= 15 is 0 Å². The van der Waals surface area contributed by atoms with Gasteiger partial charge in [-0.2, -0.15) is 0 Å². The van der Waals surface area contributed by atoms with Crippen molar-refractivity contribution in [3.8, 4) is 5.75 Å². The molecule has 0 saturated carbocycles. The van der Waals surface area contributed by atoms with Gasteiger partial charge in [0.1, 0.15) is 11.6 Å². The van der Waals surface area contributed by atoms with Crippen molar-refractivity contribution in [1.82, 2.24) is 0 Å². The monoisotopic (exact) mass is 314 g/mol. The van der Waals surface area contributed by atoms with Gasteiger partial charge in [0.2, 0.25) is 11.8 Å². The Balaban J connectivity index is 1.83. The summed E-state index contributed by atoms with van der Waals surface area (Å²) in [5.74, 6) is -1.04. The molecule has 1 aliphatic rings. The quantitative estimate of drug-likeness (QED) is 0.915. The third-order valence-electron chi connectivity index (χ3n) is 3.73. The molecule has 1 heterocycles. The molecule has 0 fully saturated rings. The summed E-state index contributed by atoms with van der Waals surface area (Å²) in [6.07, 6.45) is 0.0284. The van der Waals surface area contributed by atoms with Gasteiger partial charge in [0.05, 0.1) is 13.0 Å². The lowest BCUT2D eigenvalue weighted by atomic mass is 9.89. The average molecular weight is 314 g/mol. The smallest absolute Gasteiger partial charge is 0.232 e. The summed E-state index contributed by atoms with van der Waals surface area (Å²) in [4.78, 5) is 24.3. The molecule has 0 unspecified atom stereocenters. The van der Waals surface area contributed by atoms with Crippen LogP contribution in [-0.4, -0.2) is 18.9 Å². The maximum absolute atomic E-state index is 13.3. The van der Waals surface area contributed by atoms with E-state index < -0.39 is 11.7 Å². The van der Waals surface area contributed by atoms with Gasteiger partial charge in [-0.25, -0.2) is 4.39 Å². The van der Waals surface area contributed by atoms with E-state index in [9.17, 15) is 14.0 Å². The molecule has 1 atom stereocenters. The highest BCUT2D eigenvalue weighted by Crippen LogP contribution is 2.33. The standard InChI is InChI=1S/C17H15FN2O3/c1-23-12-5-3-11(4-6-12)19-17(22)14-9-16(21)20-15-8-10(18)2-7-13(14)15/h2-8,14H,9H2,1H3,(H,19,22)(H,20,21)/t14-/m1/s1. The van der Waals surface area contributed by atoms with Crippen LogP contribution in [0.5, 0.6) is 5.75 Å². The largest absolute Gasteiger partial charge is 0.497 e. The van der Waals surface area contributed by atoms with Gasteiger partial charge in [-0.3, -0.25) is 9.59 Å². The lowest BCUT2D eigenvalue weighted by Gasteiger charge is -2.24. The topological polar surface area (TPSA) is 67.4 Å². The molecule has 2 aromatic rings. The zero-order valence-electron chi connectivity index (χ0n) is 12.4. The van der Waals surface area contributed by atoms with Crippen molar-refractivity contribution in [2.75, 3.05) is 17.7 Å². The highest BCUT2D eigenvalue weighted by atomic mass is 19.1. The minimum absolute atomic E-state index is 0.0284. The molecule has 5 nitrogen and oxygen atoms in total. The number of hydrogen-bond acceptors (Lipinski definition) is 3. The fourth-order valence-electron chi connectivity index (χ4n) is 2.57. The third-order valence-corrected chi connectivity index (χ3v) is 3.73. The van der Waals surface area contributed by atoms with Crippen molar-refractivity contribution < 1.29 is 18.7 Å². The molecule has 118 valence electrons. The highest BCUT2D eigenvalue weighted by Gasteiger charge is 2.30. The van der Waals surface area contributed by atoms with Crippen LogP contribution in [0.4, 0.5) is 15.8 Å². The van der Waals surface area contributed by atoms with E-state index in [0.717, 1.165) is 0 Å². The molecular weight excluding hydrogens is 299 g/mol. The number of nitrogens with one attached hydrogen (secondary N) is 2. The van der Waals surface area contributed by atoms with Crippen LogP contribution < -0.4 is 15.4 Å². The Hall–Kier alpha value is -2.89. The molecule has 0 radical (unpaired) electrons. The number of anilines is 2. The summed E-state index contributed by atoms with van der Waals surface area (Å²) in [5.41, 5.74) is 1.55. The SMILES string of the molecule is COc1ccc(NC(=O)[C@@H]2CC(=O)Nc3cc(F)ccc32)cc1. The van der Waals surface area contributed by atoms with Crippen molar-refractivity contribution in [2.24, 2.45) is 0 Å². The predicted octanol–water partition coefficient (Wildman–Crippen LogP) is 2.90. The molecule has 0 aromatic heterocycles. The summed E-state index contributed by atoms with van der Waals surface area (Å²) < 4.78 is 18.4. The zero-order valence-corrected chi connectivity index (χ0v) is 12.4. The average Bonchev–Trinajstić information content (AvgIpc) is 2.54. The number of hydrogen-bond donors (Lipinski definition) is 2. The van der Waals surface area contributed by atoms with Crippen LogP contribution >= 0.6 is 0 Å². The van der Waals surface area contributed by atoms with Crippen LogP contribution in [0.3, 0.4) is 0 Å². The fraction of sp³-hybridized carbons (Fsp3) is 0.176. The molecule has 2 N–H and O–H groups in total. The van der Waals surface area contributed by atoms with E-state index in [1.807, 2.05) is 0 Å². The van der Waals surface area contributed by atoms with Crippen molar-refractivity contribution in [1.29, 1.82) is 0 Å². The molecule has 2 aromatic carbocycles. The third kappa shape index (κ3) is 3.15. The van der Waals surface area contributed by atoms with Gasteiger partial charge in [-0.1, -0.05) is 6.07 Å². The van der Waals surface area contributed by atoms with Gasteiger partial charge in [-0.05, 0) is 42.0 Å². The van der Waals surface area contributed by atoms with E-state index in [1.54, 1.807) is 31.4 Å². The van der Waals surface area contributed by atoms with E-state index in [0.29, 0.717) is 22.7 Å². The Morgan fingerprint density at radius 3 is 2.70 bits per heavy atom. The van der Waals surface area contributed by atoms with Crippen LogP contribution in [0.15, 0.2) is 42.5 Å². The Morgan fingerprint density at radius 1 is 1.26 bits per heavy atom. The maximum atomic E-state index is 13.3. The van der Waals surface area contributed by atoms with Crippen LogP contribution in [0.25, 0.3) is 0 Å². The summed E-state index contributed by atoms with van der Waals surface area (Å²) >= 11 is 0. The summed E-state index contributed by atoms with van der Waals surface area (Å²) in [5, 5.41) is 5.36. The van der Waals surface area contributed by atoms with Gasteiger partial charge >= 0.3 is 0 Å². The van der Waals surface area contributed by atoms with Gasteiger partial charge in [0.25, 0.3) is 0 Å². The molecule has 0 aliphatic carbocycles. The number of halogens is 1. The second-order valence-corrected chi connectivity index (χ2v) is 5.25. The molecular formula is C17H15FN2O3. The first kappa shape index (κ1) is 15.0. The van der Waals surface area contributed by atoms with Gasteiger partial charge < -0.3 is 15.4 Å². The van der Waals surface area contributed by atoms with E-state index in [4.69, 9.17) is 4.74 Å². The Kier molecular flexibility index (Phi) is 3.97. The van der Waals surface area contributed by atoms with Crippen LogP contribution in [0.2, 0.25) is 0 Å². The molecule has 0 bridgehead atoms. The van der Waals surface area contributed by atoms with E-state index in [-0.39, 0.29) is 18.2 Å². The number of amides is 2. The molecule has 23 heavy (non-hydrogen) atoms. The van der Waals surface area contributed by atoms with E-state index in [1.165, 1.54) is 18.2 Å². The van der Waals surface area contributed by atoms with Crippen LogP contribution in [0.1, 0.15) is 17.9 Å². The molecule has 0 spiro atoms. The number of fused-ring (bicyclic) bond motifs is 1. The summed E-state index contributed by atoms with van der Waals surface area (Å²) in [6, 6.07) is 10.9. The first-order valence-corrected chi connectivity index (χ1v) is 7.11. The van der Waals surface area contributed by atoms with Gasteiger partial charge in [0, 0.05) is 17.8 Å². The van der Waals surface area contributed by atoms with Crippen molar-refractivity contribution in [2.45, 2.75) is 12.3 Å². The first-order valence-electron chi connectivity index (χ1n) is 7.11. The van der Waals surface area contributed by atoms with Crippen molar-refractivity contribution in [3.05, 3.63) is 53.8 Å².